The minimum absolute atomic E-state index is 0.0165. The van der Waals surface area contributed by atoms with Crippen LogP contribution in [0.5, 0.6) is 0 Å². The molecule has 1 N–H and O–H groups in total. The molecule has 1 aliphatic carbocycles. The Bertz CT molecular complexity index is 1720. The van der Waals surface area contributed by atoms with Gasteiger partial charge in [0.05, 0.1) is 15.6 Å². The number of halogens is 2. The summed E-state index contributed by atoms with van der Waals surface area (Å²) in [5, 5.41) is 3.93. The Hall–Kier alpha value is -3.85. The van der Waals surface area contributed by atoms with Crippen LogP contribution in [0.3, 0.4) is 0 Å². The molecule has 4 aromatic carbocycles. The minimum Gasteiger partial charge on any atom is -0.352 e. The predicted octanol–water partition coefficient (Wildman–Crippen LogP) is 7.28. The molecule has 0 aromatic heterocycles. The van der Waals surface area contributed by atoms with Gasteiger partial charge < -0.3 is 10.2 Å². The highest BCUT2D eigenvalue weighted by Gasteiger charge is 2.36. The fourth-order valence-corrected chi connectivity index (χ4v) is 7.64. The number of para-hydroxylation sites is 1. The maximum atomic E-state index is 14.6. The van der Waals surface area contributed by atoms with E-state index in [-0.39, 0.29) is 40.5 Å². The number of nitrogens with one attached hydrogen (secondary N) is 1. The maximum Gasteiger partial charge on any atom is 0.264 e. The van der Waals surface area contributed by atoms with Gasteiger partial charge in [-0.3, -0.25) is 13.9 Å². The van der Waals surface area contributed by atoms with Crippen molar-refractivity contribution >= 4 is 50.7 Å². The predicted molar refractivity (Wildman–Crippen MR) is 183 cm³/mol. The van der Waals surface area contributed by atoms with Crippen molar-refractivity contribution in [3.63, 3.8) is 0 Å². The van der Waals surface area contributed by atoms with Gasteiger partial charge in [0.2, 0.25) is 11.8 Å². The molecule has 240 valence electrons. The normalized spacial score (nSPS) is 14.3. The van der Waals surface area contributed by atoms with Crippen LogP contribution in [-0.4, -0.2) is 43.8 Å². The highest BCUT2D eigenvalue weighted by atomic mass is 35.5. The van der Waals surface area contributed by atoms with Gasteiger partial charge in [-0.1, -0.05) is 115 Å². The van der Waals surface area contributed by atoms with E-state index in [0.29, 0.717) is 5.02 Å². The summed E-state index contributed by atoms with van der Waals surface area (Å²) in [5.74, 6) is -0.817. The van der Waals surface area contributed by atoms with Crippen LogP contribution < -0.4 is 9.62 Å². The lowest BCUT2D eigenvalue weighted by atomic mass is 9.94. The van der Waals surface area contributed by atoms with Crippen LogP contribution in [0.15, 0.2) is 114 Å². The van der Waals surface area contributed by atoms with Crippen LogP contribution in [-0.2, 0) is 32.6 Å². The van der Waals surface area contributed by atoms with Crippen molar-refractivity contribution in [3.8, 4) is 0 Å². The fraction of sp³-hybridized carbons (Fsp3) is 0.278. The molecule has 46 heavy (non-hydrogen) atoms. The Labute approximate surface area is 281 Å². The SMILES string of the molecule is O=C(NC1CCCCC1)C(Cc1ccccc1)N(Cc1ccc(Cl)cc1)C(=O)CN(c1ccccc1Cl)S(=O)(=O)c1ccccc1. The Morgan fingerprint density at radius 3 is 2.02 bits per heavy atom. The van der Waals surface area contributed by atoms with E-state index < -0.39 is 28.5 Å². The molecule has 5 rings (SSSR count). The van der Waals surface area contributed by atoms with Gasteiger partial charge in [0.15, 0.2) is 0 Å². The highest BCUT2D eigenvalue weighted by molar-refractivity contribution is 7.92. The lowest BCUT2D eigenvalue weighted by Crippen LogP contribution is -2.55. The summed E-state index contributed by atoms with van der Waals surface area (Å²) < 4.78 is 29.2. The fourth-order valence-electron chi connectivity index (χ4n) is 5.77. The van der Waals surface area contributed by atoms with Gasteiger partial charge in [-0.15, -0.1) is 0 Å². The van der Waals surface area contributed by atoms with Crippen molar-refractivity contribution in [3.05, 3.63) is 130 Å². The second kappa shape index (κ2) is 15.6. The Balaban J connectivity index is 1.56. The number of carbonyl (C=O) groups excluding carboxylic acids is 2. The number of hydrogen-bond acceptors (Lipinski definition) is 4. The lowest BCUT2D eigenvalue weighted by Gasteiger charge is -2.35. The first-order chi connectivity index (χ1) is 22.2. The summed E-state index contributed by atoms with van der Waals surface area (Å²) in [6.07, 6.45) is 5.21. The van der Waals surface area contributed by atoms with Crippen LogP contribution in [0.1, 0.15) is 43.2 Å². The van der Waals surface area contributed by atoms with Gasteiger partial charge >= 0.3 is 0 Å². The van der Waals surface area contributed by atoms with Crippen LogP contribution in [0.4, 0.5) is 5.69 Å². The Morgan fingerprint density at radius 1 is 0.761 bits per heavy atom. The third kappa shape index (κ3) is 8.49. The molecule has 10 heteroatoms. The molecule has 1 fully saturated rings. The molecular formula is C36H37Cl2N3O4S. The third-order valence-corrected chi connectivity index (χ3v) is 10.6. The van der Waals surface area contributed by atoms with Gasteiger partial charge in [0.1, 0.15) is 12.6 Å². The summed E-state index contributed by atoms with van der Waals surface area (Å²) in [4.78, 5) is 30.2. The minimum atomic E-state index is -4.23. The van der Waals surface area contributed by atoms with Crippen LogP contribution in [0.2, 0.25) is 10.0 Å². The highest BCUT2D eigenvalue weighted by Crippen LogP contribution is 2.31. The molecule has 0 aliphatic heterocycles. The quantitative estimate of drug-likeness (QED) is 0.171. The average molecular weight is 679 g/mol. The first-order valence-electron chi connectivity index (χ1n) is 15.4. The Morgan fingerprint density at radius 2 is 1.37 bits per heavy atom. The molecule has 0 saturated heterocycles. The number of rotatable bonds is 12. The summed E-state index contributed by atoms with van der Waals surface area (Å²) >= 11 is 12.7. The molecule has 0 radical (unpaired) electrons. The topological polar surface area (TPSA) is 86.8 Å². The molecule has 1 aliphatic rings. The van der Waals surface area contributed by atoms with Gasteiger partial charge in [0, 0.05) is 24.0 Å². The van der Waals surface area contributed by atoms with Crippen molar-refractivity contribution in [2.45, 2.75) is 62.0 Å². The number of benzene rings is 4. The summed E-state index contributed by atoms with van der Waals surface area (Å²) in [7, 11) is -4.23. The number of carbonyl (C=O) groups is 2. The van der Waals surface area contributed by atoms with Gasteiger partial charge in [0.25, 0.3) is 10.0 Å². The van der Waals surface area contributed by atoms with Crippen LogP contribution >= 0.6 is 23.2 Å². The van der Waals surface area contributed by atoms with Gasteiger partial charge in [-0.05, 0) is 60.4 Å². The zero-order valence-electron chi connectivity index (χ0n) is 25.4. The third-order valence-electron chi connectivity index (χ3n) is 8.22. The van der Waals surface area contributed by atoms with E-state index in [9.17, 15) is 18.0 Å². The van der Waals surface area contributed by atoms with Crippen molar-refractivity contribution in [1.29, 1.82) is 0 Å². The number of hydrogen-bond donors (Lipinski definition) is 1. The first-order valence-corrected chi connectivity index (χ1v) is 17.6. The smallest absolute Gasteiger partial charge is 0.264 e. The molecule has 7 nitrogen and oxygen atoms in total. The zero-order chi connectivity index (χ0) is 32.5. The number of amides is 2. The van der Waals surface area contributed by atoms with Crippen LogP contribution in [0, 0.1) is 0 Å². The second-order valence-electron chi connectivity index (χ2n) is 11.5. The van der Waals surface area contributed by atoms with E-state index in [1.165, 1.54) is 17.0 Å². The zero-order valence-corrected chi connectivity index (χ0v) is 27.7. The molecule has 0 spiro atoms. The number of sulfonamides is 1. The van der Waals surface area contributed by atoms with E-state index >= 15 is 0 Å². The maximum absolute atomic E-state index is 14.6. The first kappa shape index (κ1) is 33.5. The standard InChI is InChI=1S/C36H37Cl2N3O4S/c37-29-22-20-28(21-23-29)25-40(34(24-27-12-4-1-5-13-27)36(43)39-30-14-6-2-7-15-30)35(42)26-41(33-19-11-10-18-32(33)38)46(44,45)31-16-8-3-9-17-31/h1,3-5,8-13,16-23,30,34H,2,6-7,14-15,24-26H2,(H,39,43). The van der Waals surface area contributed by atoms with Crippen molar-refractivity contribution in [2.24, 2.45) is 0 Å². The molecule has 1 saturated carbocycles. The summed E-state index contributed by atoms with van der Waals surface area (Å²) in [5.41, 5.74) is 1.79. The van der Waals surface area contributed by atoms with Crippen molar-refractivity contribution in [2.75, 3.05) is 10.8 Å². The Kier molecular flexibility index (Phi) is 11.4. The molecule has 4 aromatic rings. The van der Waals surface area contributed by atoms with Crippen LogP contribution in [0.25, 0.3) is 0 Å². The van der Waals surface area contributed by atoms with E-state index in [2.05, 4.69) is 5.32 Å². The van der Waals surface area contributed by atoms with Crippen molar-refractivity contribution < 1.29 is 18.0 Å². The second-order valence-corrected chi connectivity index (χ2v) is 14.2. The van der Waals surface area contributed by atoms with Crippen molar-refractivity contribution in [1.82, 2.24) is 10.2 Å². The summed E-state index contributed by atoms with van der Waals surface area (Å²) in [6, 6.07) is 30.1. The molecule has 1 unspecified atom stereocenters. The van der Waals surface area contributed by atoms with Gasteiger partial charge in [-0.2, -0.15) is 0 Å². The van der Waals surface area contributed by atoms with E-state index in [4.69, 9.17) is 23.2 Å². The average Bonchev–Trinajstić information content (AvgIpc) is 3.07. The number of nitrogens with zero attached hydrogens (tertiary/aromatic N) is 2. The number of anilines is 1. The summed E-state index contributed by atoms with van der Waals surface area (Å²) in [6.45, 7) is -0.510. The molecule has 1 atom stereocenters. The molecule has 0 bridgehead atoms. The van der Waals surface area contributed by atoms with E-state index in [1.807, 2.05) is 30.3 Å². The molecule has 2 amide bonds. The monoisotopic (exact) mass is 677 g/mol. The largest absolute Gasteiger partial charge is 0.352 e. The lowest BCUT2D eigenvalue weighted by molar-refractivity contribution is -0.140. The van der Waals surface area contributed by atoms with E-state index in [1.54, 1.807) is 66.7 Å². The molecule has 0 heterocycles. The van der Waals surface area contributed by atoms with E-state index in [0.717, 1.165) is 47.5 Å². The molecular weight excluding hydrogens is 641 g/mol. The van der Waals surface area contributed by atoms with Gasteiger partial charge in [-0.25, -0.2) is 8.42 Å².